The number of hydrogen-bond donors (Lipinski definition) is 1. The second kappa shape index (κ2) is 7.75. The van der Waals surface area contributed by atoms with E-state index in [1.54, 1.807) is 7.11 Å². The van der Waals surface area contributed by atoms with Gasteiger partial charge in [-0.15, -0.1) is 0 Å². The van der Waals surface area contributed by atoms with Gasteiger partial charge >= 0.3 is 0 Å². The van der Waals surface area contributed by atoms with Gasteiger partial charge in [-0.3, -0.25) is 0 Å². The second-order valence-electron chi connectivity index (χ2n) is 5.69. The molecule has 3 rings (SSSR count). The minimum Gasteiger partial charge on any atom is -0.497 e. The van der Waals surface area contributed by atoms with Crippen LogP contribution in [0.3, 0.4) is 0 Å². The Morgan fingerprint density at radius 1 is 1.08 bits per heavy atom. The zero-order valence-electron chi connectivity index (χ0n) is 14.8. The number of nitrogens with zero attached hydrogens (tertiary/aromatic N) is 2. The molecule has 0 saturated carbocycles. The zero-order valence-corrected chi connectivity index (χ0v) is 14.8. The smallest absolute Gasteiger partial charge is 0.203 e. The fourth-order valence-electron chi connectivity index (χ4n) is 2.69. The Balaban J connectivity index is 1.72. The van der Waals surface area contributed by atoms with Crippen molar-refractivity contribution in [3.63, 3.8) is 0 Å². The second-order valence-corrected chi connectivity index (χ2v) is 5.69. The first-order valence-electron chi connectivity index (χ1n) is 8.33. The van der Waals surface area contributed by atoms with Gasteiger partial charge in [0.15, 0.2) is 0 Å². The van der Waals surface area contributed by atoms with E-state index in [2.05, 4.69) is 20.9 Å². The molecule has 1 heterocycles. The normalized spacial score (nSPS) is 10.5. The van der Waals surface area contributed by atoms with Crippen molar-refractivity contribution in [1.82, 2.24) is 9.55 Å². The van der Waals surface area contributed by atoms with Crippen LogP contribution in [0.2, 0.25) is 0 Å². The van der Waals surface area contributed by atoms with Crippen LogP contribution in [0.5, 0.6) is 11.5 Å². The Kier molecular flexibility index (Phi) is 5.23. The van der Waals surface area contributed by atoms with Crippen LogP contribution in [0.1, 0.15) is 12.5 Å². The number of rotatable bonds is 7. The van der Waals surface area contributed by atoms with E-state index in [9.17, 15) is 0 Å². The lowest BCUT2D eigenvalue weighted by Gasteiger charge is -2.10. The van der Waals surface area contributed by atoms with Crippen LogP contribution in [0.4, 0.5) is 5.95 Å². The summed E-state index contributed by atoms with van der Waals surface area (Å²) in [7, 11) is 3.68. The van der Waals surface area contributed by atoms with Gasteiger partial charge in [-0.25, -0.2) is 4.98 Å². The molecule has 0 aliphatic rings. The summed E-state index contributed by atoms with van der Waals surface area (Å²) < 4.78 is 12.8. The van der Waals surface area contributed by atoms with Crippen LogP contribution in [0.15, 0.2) is 54.7 Å². The van der Waals surface area contributed by atoms with Gasteiger partial charge in [0.1, 0.15) is 11.5 Å². The van der Waals surface area contributed by atoms with Gasteiger partial charge in [0, 0.05) is 19.2 Å². The first-order valence-corrected chi connectivity index (χ1v) is 8.33. The van der Waals surface area contributed by atoms with Crippen LogP contribution < -0.4 is 14.8 Å². The number of aromatic nitrogens is 2. The van der Waals surface area contributed by atoms with Crippen molar-refractivity contribution in [2.24, 2.45) is 7.05 Å². The molecule has 0 aliphatic carbocycles. The Labute approximate surface area is 148 Å². The van der Waals surface area contributed by atoms with Crippen molar-refractivity contribution in [3.05, 3.63) is 60.3 Å². The molecular weight excluding hydrogens is 314 g/mol. The third-order valence-corrected chi connectivity index (χ3v) is 4.03. The molecule has 1 aromatic heterocycles. The molecule has 0 saturated heterocycles. The van der Waals surface area contributed by atoms with Gasteiger partial charge in [0.25, 0.3) is 0 Å². The Hall–Kier alpha value is -2.95. The minimum atomic E-state index is 0.670. The molecule has 3 aromatic rings. The Morgan fingerprint density at radius 3 is 2.60 bits per heavy atom. The van der Waals surface area contributed by atoms with Gasteiger partial charge in [0.2, 0.25) is 5.95 Å². The molecule has 0 atom stereocenters. The highest BCUT2D eigenvalue weighted by Gasteiger charge is 2.09. The number of nitrogens with one attached hydrogen (secondary N) is 1. The Morgan fingerprint density at radius 2 is 1.88 bits per heavy atom. The van der Waals surface area contributed by atoms with Gasteiger partial charge in [-0.05, 0) is 48.9 Å². The van der Waals surface area contributed by atoms with Crippen molar-refractivity contribution in [3.8, 4) is 22.8 Å². The third kappa shape index (κ3) is 3.94. The first-order chi connectivity index (χ1) is 12.2. The molecular formula is C20H23N3O2. The van der Waals surface area contributed by atoms with Gasteiger partial charge in [-0.1, -0.05) is 12.1 Å². The summed E-state index contributed by atoms with van der Waals surface area (Å²) in [4.78, 5) is 4.50. The van der Waals surface area contributed by atoms with Gasteiger partial charge < -0.3 is 19.4 Å². The lowest BCUT2D eigenvalue weighted by molar-refractivity contribution is 0.340. The lowest BCUT2D eigenvalue weighted by atomic mass is 10.1. The molecule has 0 fully saturated rings. The molecule has 0 aliphatic heterocycles. The molecule has 5 heteroatoms. The van der Waals surface area contributed by atoms with E-state index in [-0.39, 0.29) is 0 Å². The summed E-state index contributed by atoms with van der Waals surface area (Å²) in [5.74, 6) is 2.56. The highest BCUT2D eigenvalue weighted by molar-refractivity contribution is 5.62. The molecule has 1 N–H and O–H groups in total. The summed E-state index contributed by atoms with van der Waals surface area (Å²) in [6, 6.07) is 16.1. The van der Waals surface area contributed by atoms with E-state index in [1.807, 2.05) is 62.6 Å². The van der Waals surface area contributed by atoms with Crippen LogP contribution >= 0.6 is 0 Å². The van der Waals surface area contributed by atoms with E-state index in [1.165, 1.54) is 0 Å². The van der Waals surface area contributed by atoms with E-state index in [4.69, 9.17) is 9.47 Å². The number of hydrogen-bond acceptors (Lipinski definition) is 4. The molecule has 25 heavy (non-hydrogen) atoms. The maximum absolute atomic E-state index is 5.49. The quantitative estimate of drug-likeness (QED) is 0.705. The van der Waals surface area contributed by atoms with Gasteiger partial charge in [-0.2, -0.15) is 0 Å². The molecule has 0 radical (unpaired) electrons. The fraction of sp³-hybridized carbons (Fsp3) is 0.250. The topological polar surface area (TPSA) is 48.3 Å². The van der Waals surface area contributed by atoms with Crippen LogP contribution in [-0.4, -0.2) is 23.3 Å². The summed E-state index contributed by atoms with van der Waals surface area (Å²) in [6.07, 6.45) is 1.88. The summed E-state index contributed by atoms with van der Waals surface area (Å²) in [6.45, 7) is 3.34. The van der Waals surface area contributed by atoms with E-state index >= 15 is 0 Å². The van der Waals surface area contributed by atoms with Crippen LogP contribution in [0, 0.1) is 0 Å². The number of imidazole rings is 1. The van der Waals surface area contributed by atoms with E-state index in [0.29, 0.717) is 13.2 Å². The highest BCUT2D eigenvalue weighted by Crippen LogP contribution is 2.24. The zero-order chi connectivity index (χ0) is 17.6. The molecule has 130 valence electrons. The third-order valence-electron chi connectivity index (χ3n) is 4.03. The number of ether oxygens (including phenoxy) is 2. The van der Waals surface area contributed by atoms with Crippen molar-refractivity contribution < 1.29 is 9.47 Å². The predicted octanol–water partition coefficient (Wildman–Crippen LogP) is 4.11. The Bertz CT molecular complexity index is 825. The lowest BCUT2D eigenvalue weighted by Crippen LogP contribution is -2.05. The van der Waals surface area contributed by atoms with Crippen molar-refractivity contribution in [2.75, 3.05) is 19.0 Å². The molecule has 0 amide bonds. The van der Waals surface area contributed by atoms with Crippen molar-refractivity contribution >= 4 is 5.95 Å². The largest absolute Gasteiger partial charge is 0.497 e. The molecule has 0 spiro atoms. The van der Waals surface area contributed by atoms with Crippen molar-refractivity contribution in [1.29, 1.82) is 0 Å². The summed E-state index contributed by atoms with van der Waals surface area (Å²) in [5.41, 5.74) is 3.30. The van der Waals surface area contributed by atoms with Crippen LogP contribution in [0.25, 0.3) is 11.3 Å². The number of methoxy groups -OCH3 is 1. The molecule has 5 nitrogen and oxygen atoms in total. The number of anilines is 1. The maximum atomic E-state index is 5.49. The summed E-state index contributed by atoms with van der Waals surface area (Å²) >= 11 is 0. The molecule has 0 unspecified atom stereocenters. The molecule has 0 bridgehead atoms. The maximum Gasteiger partial charge on any atom is 0.203 e. The predicted molar refractivity (Wildman–Crippen MR) is 100 cm³/mol. The van der Waals surface area contributed by atoms with Crippen LogP contribution in [-0.2, 0) is 13.6 Å². The molecule has 2 aromatic carbocycles. The summed E-state index contributed by atoms with van der Waals surface area (Å²) in [5, 5.41) is 3.37. The van der Waals surface area contributed by atoms with E-state index < -0.39 is 0 Å². The van der Waals surface area contributed by atoms with E-state index in [0.717, 1.165) is 34.3 Å². The van der Waals surface area contributed by atoms with Gasteiger partial charge in [0.05, 0.1) is 25.6 Å². The minimum absolute atomic E-state index is 0.670. The average molecular weight is 337 g/mol. The first kappa shape index (κ1) is 16.9. The van der Waals surface area contributed by atoms with Crippen molar-refractivity contribution in [2.45, 2.75) is 13.5 Å². The average Bonchev–Trinajstić information content (AvgIpc) is 3.02. The fourth-order valence-corrected chi connectivity index (χ4v) is 2.69. The SMILES string of the molecule is CCOc1ccc(-c2cnc(NCc3cccc(OC)c3)n2C)cc1. The number of benzene rings is 2. The monoisotopic (exact) mass is 337 g/mol. The standard InChI is InChI=1S/C20H23N3O2/c1-4-25-17-10-8-16(9-11-17)19-14-22-20(23(19)2)21-13-15-6-5-7-18(12-15)24-3/h5-12,14H,4,13H2,1-3H3,(H,21,22). The highest BCUT2D eigenvalue weighted by atomic mass is 16.5.